The number of furan rings is 1. The number of hydrogen-bond donors (Lipinski definition) is 1. The van der Waals surface area contributed by atoms with Crippen LogP contribution in [0.15, 0.2) is 22.8 Å². The van der Waals surface area contributed by atoms with Crippen LogP contribution in [0, 0.1) is 5.92 Å². The zero-order valence-corrected chi connectivity index (χ0v) is 13.8. The molecular formula is C16H19N3O6. The van der Waals surface area contributed by atoms with Gasteiger partial charge in [0.05, 0.1) is 18.7 Å². The van der Waals surface area contributed by atoms with Crippen molar-refractivity contribution >= 4 is 23.8 Å². The number of rotatable bonds is 5. The van der Waals surface area contributed by atoms with Crippen molar-refractivity contribution in [3.8, 4) is 0 Å². The summed E-state index contributed by atoms with van der Waals surface area (Å²) in [5.74, 6) is -1.36. The van der Waals surface area contributed by atoms with Gasteiger partial charge in [-0.1, -0.05) is 0 Å². The van der Waals surface area contributed by atoms with Gasteiger partial charge in [-0.25, -0.2) is 4.79 Å². The van der Waals surface area contributed by atoms with Gasteiger partial charge in [-0.3, -0.25) is 19.3 Å². The first-order valence-corrected chi connectivity index (χ1v) is 8.05. The highest BCUT2D eigenvalue weighted by Gasteiger charge is 2.38. The minimum absolute atomic E-state index is 0.0324. The van der Waals surface area contributed by atoms with Crippen LogP contribution < -0.4 is 5.32 Å². The van der Waals surface area contributed by atoms with Crippen molar-refractivity contribution in [2.75, 3.05) is 19.6 Å². The van der Waals surface area contributed by atoms with Gasteiger partial charge in [0.25, 0.3) is 5.91 Å². The first-order valence-electron chi connectivity index (χ1n) is 8.05. The fourth-order valence-electron chi connectivity index (χ4n) is 2.90. The Hall–Kier alpha value is -2.84. The van der Waals surface area contributed by atoms with Crippen LogP contribution in [0.1, 0.15) is 19.1 Å². The first kappa shape index (κ1) is 17.0. The Labute approximate surface area is 143 Å². The number of carbonyl (C=O) groups excluding carboxylic acids is 4. The first-order chi connectivity index (χ1) is 12.0. The number of amides is 4. The van der Waals surface area contributed by atoms with E-state index in [0.717, 1.165) is 4.90 Å². The predicted octanol–water partition coefficient (Wildman–Crippen LogP) is 0.112. The number of nitrogens with zero attached hydrogens (tertiary/aromatic N) is 2. The van der Waals surface area contributed by atoms with Crippen molar-refractivity contribution in [2.45, 2.75) is 26.0 Å². The lowest BCUT2D eigenvalue weighted by Crippen LogP contribution is -2.42. The summed E-state index contributed by atoms with van der Waals surface area (Å²) in [5.41, 5.74) is 0. The highest BCUT2D eigenvalue weighted by Crippen LogP contribution is 2.22. The second-order valence-corrected chi connectivity index (χ2v) is 6.06. The average molecular weight is 349 g/mol. The molecule has 1 N–H and O–H groups in total. The van der Waals surface area contributed by atoms with Gasteiger partial charge in [0.15, 0.2) is 6.10 Å². The van der Waals surface area contributed by atoms with E-state index in [0.29, 0.717) is 12.3 Å². The van der Waals surface area contributed by atoms with Crippen molar-refractivity contribution < 1.29 is 28.3 Å². The predicted molar refractivity (Wildman–Crippen MR) is 82.9 cm³/mol. The van der Waals surface area contributed by atoms with Gasteiger partial charge in [-0.2, -0.15) is 0 Å². The number of urea groups is 1. The number of hydrogen-bond acceptors (Lipinski definition) is 6. The van der Waals surface area contributed by atoms with Gasteiger partial charge in [0.1, 0.15) is 5.76 Å². The van der Waals surface area contributed by atoms with E-state index < -0.39 is 29.9 Å². The molecule has 2 aliphatic rings. The normalized spacial score (nSPS) is 21.4. The standard InChI is InChI=1S/C16H19N3O6/c1-10(14(21)19-5-4-17-16(19)23)25-15(22)11-7-13(20)18(8-11)9-12-3-2-6-24-12/h2-3,6,10-11H,4-5,7-9H2,1H3,(H,17,23)/t10-,11-/m0/s1. The molecule has 4 amide bonds. The Bertz CT molecular complexity index is 686. The minimum atomic E-state index is -1.08. The molecule has 2 aliphatic heterocycles. The topological polar surface area (TPSA) is 109 Å². The number of imide groups is 1. The van der Waals surface area contributed by atoms with Crippen molar-refractivity contribution in [2.24, 2.45) is 5.92 Å². The summed E-state index contributed by atoms with van der Waals surface area (Å²) in [6.07, 6.45) is 0.472. The SMILES string of the molecule is C[C@H](OC(=O)[C@H]1CC(=O)N(Cc2ccco2)C1)C(=O)N1CCNC1=O. The van der Waals surface area contributed by atoms with E-state index in [2.05, 4.69) is 5.32 Å². The van der Waals surface area contributed by atoms with E-state index in [-0.39, 0.29) is 32.0 Å². The summed E-state index contributed by atoms with van der Waals surface area (Å²) < 4.78 is 10.4. The molecule has 9 heteroatoms. The van der Waals surface area contributed by atoms with Gasteiger partial charge in [-0.05, 0) is 19.1 Å². The third-order valence-electron chi connectivity index (χ3n) is 4.24. The monoisotopic (exact) mass is 349 g/mol. The second-order valence-electron chi connectivity index (χ2n) is 6.06. The third-order valence-corrected chi connectivity index (χ3v) is 4.24. The maximum Gasteiger partial charge on any atom is 0.324 e. The van der Waals surface area contributed by atoms with Crippen molar-refractivity contribution in [3.05, 3.63) is 24.2 Å². The smallest absolute Gasteiger partial charge is 0.324 e. The third kappa shape index (κ3) is 3.65. The average Bonchev–Trinajstić information content (AvgIpc) is 3.30. The maximum atomic E-state index is 12.3. The molecule has 0 aliphatic carbocycles. The molecule has 0 aromatic carbocycles. The van der Waals surface area contributed by atoms with E-state index in [1.54, 1.807) is 12.1 Å². The van der Waals surface area contributed by atoms with Gasteiger partial charge in [-0.15, -0.1) is 0 Å². The van der Waals surface area contributed by atoms with E-state index in [4.69, 9.17) is 9.15 Å². The Kier molecular flexibility index (Phi) is 4.73. The van der Waals surface area contributed by atoms with Crippen LogP contribution in [0.3, 0.4) is 0 Å². The molecule has 1 aromatic heterocycles. The molecule has 2 atom stereocenters. The van der Waals surface area contributed by atoms with Crippen LogP contribution in [0.5, 0.6) is 0 Å². The summed E-state index contributed by atoms with van der Waals surface area (Å²) in [5, 5.41) is 2.51. The number of likely N-dealkylation sites (tertiary alicyclic amines) is 1. The zero-order valence-electron chi connectivity index (χ0n) is 13.8. The minimum Gasteiger partial charge on any atom is -0.467 e. The fourth-order valence-corrected chi connectivity index (χ4v) is 2.90. The van der Waals surface area contributed by atoms with E-state index in [1.807, 2.05) is 0 Å². The number of nitrogens with one attached hydrogen (secondary N) is 1. The number of carbonyl (C=O) groups is 4. The van der Waals surface area contributed by atoms with Crippen LogP contribution in [0.25, 0.3) is 0 Å². The van der Waals surface area contributed by atoms with Crippen molar-refractivity contribution in [1.82, 2.24) is 15.1 Å². The van der Waals surface area contributed by atoms with E-state index in [9.17, 15) is 19.2 Å². The maximum absolute atomic E-state index is 12.3. The van der Waals surface area contributed by atoms with Crippen LogP contribution in [-0.4, -0.2) is 59.4 Å². The lowest BCUT2D eigenvalue weighted by Gasteiger charge is -2.20. The van der Waals surface area contributed by atoms with Gasteiger partial charge in [0.2, 0.25) is 5.91 Å². The summed E-state index contributed by atoms with van der Waals surface area (Å²) in [7, 11) is 0. The van der Waals surface area contributed by atoms with Crippen LogP contribution in [0.2, 0.25) is 0 Å². The summed E-state index contributed by atoms with van der Waals surface area (Å²) in [6.45, 7) is 2.55. The van der Waals surface area contributed by atoms with Gasteiger partial charge < -0.3 is 19.4 Å². The highest BCUT2D eigenvalue weighted by molar-refractivity contribution is 5.98. The molecule has 134 valence electrons. The Morgan fingerprint density at radius 3 is 2.88 bits per heavy atom. The highest BCUT2D eigenvalue weighted by atomic mass is 16.5. The van der Waals surface area contributed by atoms with Crippen LogP contribution >= 0.6 is 0 Å². The Morgan fingerprint density at radius 2 is 2.24 bits per heavy atom. The van der Waals surface area contributed by atoms with Crippen molar-refractivity contribution in [1.29, 1.82) is 0 Å². The lowest BCUT2D eigenvalue weighted by molar-refractivity contribution is -0.160. The zero-order chi connectivity index (χ0) is 18.0. The molecule has 0 unspecified atom stereocenters. The molecule has 3 heterocycles. The molecule has 0 spiro atoms. The van der Waals surface area contributed by atoms with Gasteiger partial charge >= 0.3 is 12.0 Å². The molecular weight excluding hydrogens is 330 g/mol. The van der Waals surface area contributed by atoms with Gasteiger partial charge in [0, 0.05) is 26.1 Å². The molecule has 1 aromatic rings. The molecule has 0 radical (unpaired) electrons. The molecule has 0 bridgehead atoms. The van der Waals surface area contributed by atoms with Crippen LogP contribution in [-0.2, 0) is 25.7 Å². The summed E-state index contributed by atoms with van der Waals surface area (Å²) >= 11 is 0. The van der Waals surface area contributed by atoms with Crippen molar-refractivity contribution in [3.63, 3.8) is 0 Å². The molecule has 0 saturated carbocycles. The largest absolute Gasteiger partial charge is 0.467 e. The molecule has 2 fully saturated rings. The molecule has 2 saturated heterocycles. The second kappa shape index (κ2) is 6.96. The van der Waals surface area contributed by atoms with E-state index >= 15 is 0 Å². The lowest BCUT2D eigenvalue weighted by atomic mass is 10.1. The molecule has 25 heavy (non-hydrogen) atoms. The quantitative estimate of drug-likeness (QED) is 0.756. The van der Waals surface area contributed by atoms with Crippen LogP contribution in [0.4, 0.5) is 4.79 Å². The molecule has 3 rings (SSSR count). The number of ether oxygens (including phenoxy) is 1. The Balaban J connectivity index is 1.53. The number of esters is 1. The van der Waals surface area contributed by atoms with E-state index in [1.165, 1.54) is 18.1 Å². The Morgan fingerprint density at radius 1 is 1.44 bits per heavy atom. The summed E-state index contributed by atoms with van der Waals surface area (Å²) in [4.78, 5) is 50.5. The summed E-state index contributed by atoms with van der Waals surface area (Å²) in [6, 6.07) is 2.98. The molecule has 9 nitrogen and oxygen atoms in total. The fraction of sp³-hybridized carbons (Fsp3) is 0.500.